The number of carbonyl (C=O) groups excluding carboxylic acids is 2. The highest BCUT2D eigenvalue weighted by molar-refractivity contribution is 5.97. The van der Waals surface area contributed by atoms with Crippen molar-refractivity contribution in [3.8, 4) is 0 Å². The molecule has 0 unspecified atom stereocenters. The number of ketones is 2. The van der Waals surface area contributed by atoms with Gasteiger partial charge in [-0.05, 0) is 13.3 Å². The standard InChI is InChI=1S/C10H14O2/c1-3-4-5-6-7-10(12)8-9(2)11/h3-5H,1,6-8H2,2H3. The number of allylic oxidation sites excluding steroid dienone is 3. The highest BCUT2D eigenvalue weighted by atomic mass is 16.1. The molecule has 2 nitrogen and oxygen atoms in total. The van der Waals surface area contributed by atoms with Gasteiger partial charge < -0.3 is 0 Å². The third-order valence-corrected chi connectivity index (χ3v) is 1.31. The summed E-state index contributed by atoms with van der Waals surface area (Å²) in [5, 5.41) is 0. The molecule has 0 saturated carbocycles. The van der Waals surface area contributed by atoms with Gasteiger partial charge in [0.1, 0.15) is 11.6 Å². The first-order chi connectivity index (χ1) is 5.66. The Kier molecular flexibility index (Phi) is 5.88. The van der Waals surface area contributed by atoms with Gasteiger partial charge in [-0.25, -0.2) is 0 Å². The fourth-order valence-corrected chi connectivity index (χ4v) is 0.803. The van der Waals surface area contributed by atoms with Gasteiger partial charge in [-0.1, -0.05) is 24.8 Å². The van der Waals surface area contributed by atoms with Crippen LogP contribution in [0.2, 0.25) is 0 Å². The minimum absolute atomic E-state index is 0.0104. The maximum atomic E-state index is 10.9. The zero-order chi connectivity index (χ0) is 9.40. The van der Waals surface area contributed by atoms with Crippen molar-refractivity contribution in [2.75, 3.05) is 0 Å². The summed E-state index contributed by atoms with van der Waals surface area (Å²) in [6.07, 6.45) is 6.53. The highest BCUT2D eigenvalue weighted by Gasteiger charge is 2.02. The van der Waals surface area contributed by atoms with E-state index < -0.39 is 0 Å². The van der Waals surface area contributed by atoms with Gasteiger partial charge in [0.2, 0.25) is 0 Å². The molecule has 0 aliphatic heterocycles. The van der Waals surface area contributed by atoms with Gasteiger partial charge in [-0.15, -0.1) is 0 Å². The van der Waals surface area contributed by atoms with Crippen LogP contribution >= 0.6 is 0 Å². The van der Waals surface area contributed by atoms with Gasteiger partial charge in [-0.3, -0.25) is 9.59 Å². The molecule has 0 radical (unpaired) electrons. The average molecular weight is 166 g/mol. The summed E-state index contributed by atoms with van der Waals surface area (Å²) in [7, 11) is 0. The molecule has 0 fully saturated rings. The van der Waals surface area contributed by atoms with Crippen molar-refractivity contribution in [2.45, 2.75) is 26.2 Å². The number of Topliss-reactive ketones (excluding diaryl/α,β-unsaturated/α-hetero) is 2. The van der Waals surface area contributed by atoms with Crippen molar-refractivity contribution in [1.82, 2.24) is 0 Å². The van der Waals surface area contributed by atoms with Crippen LogP contribution in [0.3, 0.4) is 0 Å². The molecule has 2 heteroatoms. The first kappa shape index (κ1) is 10.8. The van der Waals surface area contributed by atoms with Crippen molar-refractivity contribution in [1.29, 1.82) is 0 Å². The van der Waals surface area contributed by atoms with Gasteiger partial charge in [0, 0.05) is 6.42 Å². The Labute approximate surface area is 73.0 Å². The van der Waals surface area contributed by atoms with E-state index in [1.807, 2.05) is 6.08 Å². The molecule has 66 valence electrons. The van der Waals surface area contributed by atoms with E-state index in [0.29, 0.717) is 12.8 Å². The van der Waals surface area contributed by atoms with Crippen LogP contribution in [-0.2, 0) is 9.59 Å². The van der Waals surface area contributed by atoms with Crippen LogP contribution in [0, 0.1) is 0 Å². The summed E-state index contributed by atoms with van der Waals surface area (Å²) < 4.78 is 0. The van der Waals surface area contributed by atoms with Crippen molar-refractivity contribution in [3.63, 3.8) is 0 Å². The fraction of sp³-hybridized carbons (Fsp3) is 0.400. The maximum absolute atomic E-state index is 10.9. The largest absolute Gasteiger partial charge is 0.300 e. The second-order valence-corrected chi connectivity index (χ2v) is 2.62. The molecule has 0 bridgehead atoms. The van der Waals surface area contributed by atoms with Gasteiger partial charge in [0.25, 0.3) is 0 Å². The predicted molar refractivity (Wildman–Crippen MR) is 48.9 cm³/mol. The first-order valence-corrected chi connectivity index (χ1v) is 3.95. The highest BCUT2D eigenvalue weighted by Crippen LogP contribution is 1.97. The van der Waals surface area contributed by atoms with Crippen LogP contribution in [0.5, 0.6) is 0 Å². The Balaban J connectivity index is 3.50. The van der Waals surface area contributed by atoms with Crippen molar-refractivity contribution >= 4 is 11.6 Å². The van der Waals surface area contributed by atoms with E-state index in [-0.39, 0.29) is 18.0 Å². The molecule has 0 heterocycles. The molecule has 0 N–H and O–H groups in total. The second kappa shape index (κ2) is 6.53. The molecule has 0 rings (SSSR count). The Morgan fingerprint density at radius 2 is 2.08 bits per heavy atom. The molecule has 0 aromatic rings. The third-order valence-electron chi connectivity index (χ3n) is 1.31. The number of rotatable bonds is 6. The number of carbonyl (C=O) groups is 2. The summed E-state index contributed by atoms with van der Waals surface area (Å²) in [6.45, 7) is 4.93. The normalized spacial score (nSPS) is 10.1. The van der Waals surface area contributed by atoms with E-state index in [9.17, 15) is 9.59 Å². The summed E-state index contributed by atoms with van der Waals surface area (Å²) in [4.78, 5) is 21.4. The van der Waals surface area contributed by atoms with Gasteiger partial charge in [-0.2, -0.15) is 0 Å². The maximum Gasteiger partial charge on any atom is 0.140 e. The average Bonchev–Trinajstić information content (AvgIpc) is 1.97. The Morgan fingerprint density at radius 3 is 2.58 bits per heavy atom. The quantitative estimate of drug-likeness (QED) is 0.447. The van der Waals surface area contributed by atoms with Crippen LogP contribution < -0.4 is 0 Å². The lowest BCUT2D eigenvalue weighted by molar-refractivity contribution is -0.125. The fourth-order valence-electron chi connectivity index (χ4n) is 0.803. The van der Waals surface area contributed by atoms with Crippen LogP contribution in [0.1, 0.15) is 26.2 Å². The zero-order valence-corrected chi connectivity index (χ0v) is 7.38. The van der Waals surface area contributed by atoms with E-state index in [0.717, 1.165) is 0 Å². The molecule has 0 saturated heterocycles. The van der Waals surface area contributed by atoms with E-state index in [2.05, 4.69) is 6.58 Å². The lowest BCUT2D eigenvalue weighted by atomic mass is 10.1. The summed E-state index contributed by atoms with van der Waals surface area (Å²) in [5.41, 5.74) is 0. The number of hydrogen-bond donors (Lipinski definition) is 0. The van der Waals surface area contributed by atoms with E-state index in [1.54, 1.807) is 12.2 Å². The SMILES string of the molecule is C=CC=CCCC(=O)CC(C)=O. The van der Waals surface area contributed by atoms with Crippen molar-refractivity contribution < 1.29 is 9.59 Å². The zero-order valence-electron chi connectivity index (χ0n) is 7.38. The van der Waals surface area contributed by atoms with Crippen molar-refractivity contribution in [3.05, 3.63) is 24.8 Å². The lowest BCUT2D eigenvalue weighted by Gasteiger charge is -1.92. The summed E-state index contributed by atoms with van der Waals surface area (Å²) >= 11 is 0. The first-order valence-electron chi connectivity index (χ1n) is 3.95. The Morgan fingerprint density at radius 1 is 1.42 bits per heavy atom. The smallest absolute Gasteiger partial charge is 0.140 e. The minimum Gasteiger partial charge on any atom is -0.300 e. The monoisotopic (exact) mass is 166 g/mol. The molecule has 12 heavy (non-hydrogen) atoms. The molecule has 0 spiro atoms. The van der Waals surface area contributed by atoms with Crippen LogP contribution in [0.4, 0.5) is 0 Å². The molecule has 0 aromatic heterocycles. The molecule has 0 aliphatic carbocycles. The molecular weight excluding hydrogens is 152 g/mol. The summed E-state index contributed by atoms with van der Waals surface area (Å²) in [6, 6.07) is 0. The molecule has 0 aromatic carbocycles. The molecule has 0 aliphatic rings. The number of hydrogen-bond acceptors (Lipinski definition) is 2. The van der Waals surface area contributed by atoms with Crippen LogP contribution in [-0.4, -0.2) is 11.6 Å². The predicted octanol–water partition coefficient (Wildman–Crippen LogP) is 2.06. The van der Waals surface area contributed by atoms with Gasteiger partial charge >= 0.3 is 0 Å². The molecule has 0 amide bonds. The third kappa shape index (κ3) is 6.93. The van der Waals surface area contributed by atoms with E-state index >= 15 is 0 Å². The van der Waals surface area contributed by atoms with E-state index in [4.69, 9.17) is 0 Å². The van der Waals surface area contributed by atoms with Crippen molar-refractivity contribution in [2.24, 2.45) is 0 Å². The van der Waals surface area contributed by atoms with Crippen LogP contribution in [0.15, 0.2) is 24.8 Å². The topological polar surface area (TPSA) is 34.1 Å². The second-order valence-electron chi connectivity index (χ2n) is 2.62. The van der Waals surface area contributed by atoms with E-state index in [1.165, 1.54) is 6.92 Å². The molecule has 0 atom stereocenters. The lowest BCUT2D eigenvalue weighted by Crippen LogP contribution is -2.03. The van der Waals surface area contributed by atoms with Crippen LogP contribution in [0.25, 0.3) is 0 Å². The minimum atomic E-state index is -0.0623. The molecular formula is C10H14O2. The Bertz CT molecular complexity index is 202. The van der Waals surface area contributed by atoms with Gasteiger partial charge in [0.15, 0.2) is 0 Å². The Hall–Kier alpha value is -1.18. The summed E-state index contributed by atoms with van der Waals surface area (Å²) in [5.74, 6) is -0.0519. The van der Waals surface area contributed by atoms with Gasteiger partial charge in [0.05, 0.1) is 6.42 Å².